The van der Waals surface area contributed by atoms with E-state index in [9.17, 15) is 14.4 Å². The van der Waals surface area contributed by atoms with Crippen LogP contribution < -0.4 is 14.2 Å². The van der Waals surface area contributed by atoms with Crippen LogP contribution >= 0.6 is 22.6 Å². The Morgan fingerprint density at radius 1 is 1.00 bits per heavy atom. The molecule has 0 radical (unpaired) electrons. The van der Waals surface area contributed by atoms with Crippen LogP contribution in [0.2, 0.25) is 0 Å². The second kappa shape index (κ2) is 9.12. The van der Waals surface area contributed by atoms with Crippen LogP contribution in [0.15, 0.2) is 48.0 Å². The lowest BCUT2D eigenvalue weighted by Crippen LogP contribution is -2.07. The molecule has 1 aliphatic rings. The predicted molar refractivity (Wildman–Crippen MR) is 117 cm³/mol. The molecular formula is C22H17IO7. The molecule has 0 saturated carbocycles. The van der Waals surface area contributed by atoms with E-state index in [2.05, 4.69) is 0 Å². The molecule has 2 aromatic rings. The predicted octanol–water partition coefficient (Wildman–Crippen LogP) is 4.13. The van der Waals surface area contributed by atoms with Gasteiger partial charge in [0.1, 0.15) is 23.0 Å². The minimum atomic E-state index is -0.548. The summed E-state index contributed by atoms with van der Waals surface area (Å²) in [6.07, 6.45) is 3.16. The van der Waals surface area contributed by atoms with Crippen molar-refractivity contribution in [3.05, 3.63) is 62.7 Å². The zero-order chi connectivity index (χ0) is 21.8. The van der Waals surface area contributed by atoms with Gasteiger partial charge in [-0.05, 0) is 65.1 Å². The third-order valence-electron chi connectivity index (χ3n) is 3.98. The van der Waals surface area contributed by atoms with Crippen LogP contribution in [0, 0.1) is 3.57 Å². The van der Waals surface area contributed by atoms with Gasteiger partial charge < -0.3 is 18.9 Å². The van der Waals surface area contributed by atoms with Crippen molar-refractivity contribution in [1.29, 1.82) is 0 Å². The van der Waals surface area contributed by atoms with Gasteiger partial charge in [0, 0.05) is 31.0 Å². The Bertz CT molecular complexity index is 1080. The highest BCUT2D eigenvalue weighted by Gasteiger charge is 2.23. The molecule has 0 fully saturated rings. The number of cyclic esters (lactones) is 1. The summed E-state index contributed by atoms with van der Waals surface area (Å²) in [5.41, 5.74) is 1.46. The Morgan fingerprint density at radius 3 is 2.23 bits per heavy atom. The maximum absolute atomic E-state index is 12.4. The standard InChI is InChI=1S/C22H17IO7/c1-12(24)28-20-11-21(29-13(2)25)18(23)9-15(20)8-16-10-19(30-22(16)26)14-4-6-17(27-3)7-5-14/h4-11H,1-3H3/b16-8+. The summed E-state index contributed by atoms with van der Waals surface area (Å²) >= 11 is 1.99. The molecule has 0 aliphatic carbocycles. The molecule has 0 atom stereocenters. The maximum Gasteiger partial charge on any atom is 0.343 e. The van der Waals surface area contributed by atoms with Gasteiger partial charge in [0.25, 0.3) is 0 Å². The molecule has 0 spiro atoms. The smallest absolute Gasteiger partial charge is 0.343 e. The highest BCUT2D eigenvalue weighted by molar-refractivity contribution is 14.1. The summed E-state index contributed by atoms with van der Waals surface area (Å²) in [4.78, 5) is 35.2. The first kappa shape index (κ1) is 21.6. The summed E-state index contributed by atoms with van der Waals surface area (Å²) in [6, 6.07) is 10.2. The van der Waals surface area contributed by atoms with Crippen molar-refractivity contribution in [2.24, 2.45) is 0 Å². The highest BCUT2D eigenvalue weighted by atomic mass is 127. The lowest BCUT2D eigenvalue weighted by molar-refractivity contribution is -0.132. The van der Waals surface area contributed by atoms with Crippen molar-refractivity contribution in [2.45, 2.75) is 13.8 Å². The number of carbonyl (C=O) groups excluding carboxylic acids is 3. The van der Waals surface area contributed by atoms with Crippen LogP contribution in [0.25, 0.3) is 11.8 Å². The number of methoxy groups -OCH3 is 1. The Labute approximate surface area is 186 Å². The van der Waals surface area contributed by atoms with Crippen LogP contribution in [0.5, 0.6) is 17.2 Å². The monoisotopic (exact) mass is 520 g/mol. The summed E-state index contributed by atoms with van der Waals surface area (Å²) in [7, 11) is 1.57. The van der Waals surface area contributed by atoms with Crippen LogP contribution in [-0.2, 0) is 19.1 Å². The number of esters is 3. The summed E-state index contributed by atoms with van der Waals surface area (Å²) in [5.74, 6) is -0.0844. The average molecular weight is 520 g/mol. The van der Waals surface area contributed by atoms with E-state index in [4.69, 9.17) is 18.9 Å². The van der Waals surface area contributed by atoms with E-state index in [0.29, 0.717) is 26.2 Å². The minimum Gasteiger partial charge on any atom is -0.497 e. The molecule has 1 heterocycles. The van der Waals surface area contributed by atoms with Gasteiger partial charge in [-0.15, -0.1) is 0 Å². The fourth-order valence-corrected chi connectivity index (χ4v) is 3.29. The molecule has 7 nitrogen and oxygen atoms in total. The van der Waals surface area contributed by atoms with Gasteiger partial charge in [-0.25, -0.2) is 4.79 Å². The van der Waals surface area contributed by atoms with E-state index in [1.807, 2.05) is 22.6 Å². The first-order chi connectivity index (χ1) is 14.3. The summed E-state index contributed by atoms with van der Waals surface area (Å²) < 4.78 is 21.5. The fraction of sp³-hybridized carbons (Fsp3) is 0.136. The molecule has 1 aliphatic heterocycles. The molecule has 0 aromatic heterocycles. The molecule has 0 unspecified atom stereocenters. The van der Waals surface area contributed by atoms with Crippen molar-refractivity contribution < 1.29 is 33.3 Å². The largest absolute Gasteiger partial charge is 0.497 e. The first-order valence-corrected chi connectivity index (χ1v) is 9.85. The molecule has 154 valence electrons. The summed E-state index contributed by atoms with van der Waals surface area (Å²) in [5, 5.41) is 0. The second-order valence-corrected chi connectivity index (χ2v) is 7.40. The number of benzene rings is 2. The number of hydrogen-bond acceptors (Lipinski definition) is 7. The second-order valence-electron chi connectivity index (χ2n) is 6.23. The van der Waals surface area contributed by atoms with Crippen LogP contribution in [0.1, 0.15) is 25.0 Å². The number of ether oxygens (including phenoxy) is 4. The number of hydrogen-bond donors (Lipinski definition) is 0. The quantitative estimate of drug-likeness (QED) is 0.254. The zero-order valence-electron chi connectivity index (χ0n) is 16.4. The Balaban J connectivity index is 2.00. The van der Waals surface area contributed by atoms with Gasteiger partial charge >= 0.3 is 17.9 Å². The Kier molecular flexibility index (Phi) is 6.56. The van der Waals surface area contributed by atoms with Crippen molar-refractivity contribution in [1.82, 2.24) is 0 Å². The molecule has 30 heavy (non-hydrogen) atoms. The van der Waals surface area contributed by atoms with Gasteiger partial charge in [-0.2, -0.15) is 0 Å². The van der Waals surface area contributed by atoms with Crippen molar-refractivity contribution in [2.75, 3.05) is 7.11 Å². The van der Waals surface area contributed by atoms with Crippen molar-refractivity contribution in [3.63, 3.8) is 0 Å². The van der Waals surface area contributed by atoms with E-state index >= 15 is 0 Å². The van der Waals surface area contributed by atoms with Crippen molar-refractivity contribution >= 4 is 52.3 Å². The normalized spacial score (nSPS) is 14.2. The topological polar surface area (TPSA) is 88.1 Å². The highest BCUT2D eigenvalue weighted by Crippen LogP contribution is 2.34. The van der Waals surface area contributed by atoms with E-state index in [1.165, 1.54) is 19.9 Å². The minimum absolute atomic E-state index is 0.158. The van der Waals surface area contributed by atoms with Gasteiger partial charge in [0.2, 0.25) is 0 Å². The summed E-state index contributed by atoms with van der Waals surface area (Å²) in [6.45, 7) is 2.53. The molecular weight excluding hydrogens is 503 g/mol. The molecule has 8 heteroatoms. The lowest BCUT2D eigenvalue weighted by atomic mass is 10.1. The van der Waals surface area contributed by atoms with E-state index < -0.39 is 17.9 Å². The lowest BCUT2D eigenvalue weighted by Gasteiger charge is -2.11. The Morgan fingerprint density at radius 2 is 1.63 bits per heavy atom. The van der Waals surface area contributed by atoms with Crippen molar-refractivity contribution in [3.8, 4) is 17.2 Å². The van der Waals surface area contributed by atoms with Gasteiger partial charge in [-0.1, -0.05) is 0 Å². The van der Waals surface area contributed by atoms with E-state index in [0.717, 1.165) is 0 Å². The van der Waals surface area contributed by atoms with Gasteiger partial charge in [0.05, 0.1) is 16.3 Å². The Hall–Kier alpha value is -3.14. The fourth-order valence-electron chi connectivity index (χ4n) is 2.69. The number of carbonyl (C=O) groups is 3. The van der Waals surface area contributed by atoms with E-state index in [-0.39, 0.29) is 17.1 Å². The van der Waals surface area contributed by atoms with Crippen LogP contribution in [0.3, 0.4) is 0 Å². The molecule has 0 bridgehead atoms. The molecule has 2 aromatic carbocycles. The maximum atomic E-state index is 12.4. The molecule has 0 N–H and O–H groups in total. The first-order valence-electron chi connectivity index (χ1n) is 8.77. The van der Waals surface area contributed by atoms with Gasteiger partial charge in [0.15, 0.2) is 0 Å². The van der Waals surface area contributed by atoms with Gasteiger partial charge in [-0.3, -0.25) is 9.59 Å². The average Bonchev–Trinajstić information content (AvgIpc) is 3.05. The molecule has 0 saturated heterocycles. The van der Waals surface area contributed by atoms with Crippen LogP contribution in [-0.4, -0.2) is 25.0 Å². The molecule has 3 rings (SSSR count). The van der Waals surface area contributed by atoms with E-state index in [1.54, 1.807) is 49.6 Å². The SMILES string of the molecule is COc1ccc(C2=C/C(=C\c3cc(I)c(OC(C)=O)cc3OC(C)=O)C(=O)O2)cc1. The number of rotatable bonds is 5. The third kappa shape index (κ3) is 5.07. The van der Waals surface area contributed by atoms with Crippen LogP contribution in [0.4, 0.5) is 0 Å². The number of halogens is 1. The zero-order valence-corrected chi connectivity index (χ0v) is 18.5. The molecule has 0 amide bonds. The third-order valence-corrected chi connectivity index (χ3v) is 4.83.